The Morgan fingerprint density at radius 1 is 0.857 bits per heavy atom. The summed E-state index contributed by atoms with van der Waals surface area (Å²) in [5.41, 5.74) is 0. The smallest absolute Gasteiger partial charge is 0.246 e. The lowest BCUT2D eigenvalue weighted by Crippen LogP contribution is -2.31. The first kappa shape index (κ1) is 16.8. The summed E-state index contributed by atoms with van der Waals surface area (Å²) in [5.74, 6) is 0.0123. The Balaban J connectivity index is 1.41. The van der Waals surface area contributed by atoms with Crippen LogP contribution in [0.3, 0.4) is 0 Å². The second-order valence-electron chi connectivity index (χ2n) is 6.41. The summed E-state index contributed by atoms with van der Waals surface area (Å²) < 4.78 is 11.5. The maximum Gasteiger partial charge on any atom is 0.246 e. The molecule has 4 nitrogen and oxygen atoms in total. The summed E-state index contributed by atoms with van der Waals surface area (Å²) in [4.78, 5) is 11.7. The molecule has 0 saturated heterocycles. The van der Waals surface area contributed by atoms with Crippen LogP contribution in [-0.2, 0) is 14.3 Å². The minimum Gasteiger partial charge on any atom is -0.378 e. The van der Waals surface area contributed by atoms with E-state index in [1.807, 2.05) is 0 Å². The van der Waals surface area contributed by atoms with Gasteiger partial charge in [-0.3, -0.25) is 4.79 Å². The number of ether oxygens (including phenoxy) is 2. The summed E-state index contributed by atoms with van der Waals surface area (Å²) >= 11 is 0. The third-order valence-corrected chi connectivity index (χ3v) is 4.55. The summed E-state index contributed by atoms with van der Waals surface area (Å²) in [6, 6.07) is 0. The minimum atomic E-state index is 0.0123. The van der Waals surface area contributed by atoms with Crippen LogP contribution in [0.5, 0.6) is 0 Å². The van der Waals surface area contributed by atoms with Crippen LogP contribution in [-0.4, -0.2) is 37.9 Å². The van der Waals surface area contributed by atoms with Gasteiger partial charge in [0.1, 0.15) is 6.61 Å². The Bertz CT molecular complexity index is 284. The van der Waals surface area contributed by atoms with Gasteiger partial charge in [0.25, 0.3) is 0 Å². The van der Waals surface area contributed by atoms with Crippen molar-refractivity contribution in [2.45, 2.75) is 82.8 Å². The zero-order valence-electron chi connectivity index (χ0n) is 13.3. The Morgan fingerprint density at radius 2 is 1.43 bits per heavy atom. The molecule has 122 valence electrons. The second-order valence-corrected chi connectivity index (χ2v) is 6.41. The summed E-state index contributed by atoms with van der Waals surface area (Å²) in [7, 11) is 0. The summed E-state index contributed by atoms with van der Waals surface area (Å²) in [6.45, 7) is 1.67. The lowest BCUT2D eigenvalue weighted by molar-refractivity contribution is -0.128. The van der Waals surface area contributed by atoms with Crippen LogP contribution in [0, 0.1) is 0 Å². The van der Waals surface area contributed by atoms with Crippen molar-refractivity contribution in [1.29, 1.82) is 0 Å². The van der Waals surface area contributed by atoms with Gasteiger partial charge in [-0.1, -0.05) is 38.5 Å². The van der Waals surface area contributed by atoms with Gasteiger partial charge in [-0.2, -0.15) is 0 Å². The number of hydrogen-bond donors (Lipinski definition) is 1. The molecule has 2 aliphatic rings. The highest BCUT2D eigenvalue weighted by molar-refractivity contribution is 5.77. The molecule has 0 spiro atoms. The number of carbonyl (C=O) groups excluding carboxylic acids is 1. The van der Waals surface area contributed by atoms with Crippen molar-refractivity contribution in [2.24, 2.45) is 0 Å². The van der Waals surface area contributed by atoms with E-state index in [0.29, 0.717) is 18.8 Å². The molecule has 0 bridgehead atoms. The first-order chi connectivity index (χ1) is 10.3. The first-order valence-corrected chi connectivity index (χ1v) is 8.84. The molecule has 1 amide bonds. The van der Waals surface area contributed by atoms with Gasteiger partial charge < -0.3 is 14.8 Å². The lowest BCUT2D eigenvalue weighted by atomic mass is 9.98. The van der Waals surface area contributed by atoms with Crippen LogP contribution >= 0.6 is 0 Å². The predicted octanol–water partition coefficient (Wildman–Crippen LogP) is 3.19. The van der Waals surface area contributed by atoms with Gasteiger partial charge in [0.2, 0.25) is 5.91 Å². The largest absolute Gasteiger partial charge is 0.378 e. The molecule has 2 saturated carbocycles. The van der Waals surface area contributed by atoms with E-state index in [1.54, 1.807) is 0 Å². The molecule has 2 rings (SSSR count). The monoisotopic (exact) mass is 297 g/mol. The van der Waals surface area contributed by atoms with E-state index in [-0.39, 0.29) is 12.5 Å². The fourth-order valence-corrected chi connectivity index (χ4v) is 3.26. The number of hydrogen-bond acceptors (Lipinski definition) is 3. The SMILES string of the molecule is O=C(COC1CCCCC1)NCCCOC1CCCCC1. The third-order valence-electron chi connectivity index (χ3n) is 4.55. The highest BCUT2D eigenvalue weighted by atomic mass is 16.5. The first-order valence-electron chi connectivity index (χ1n) is 8.84. The standard InChI is InChI=1S/C17H31NO3/c19-17(14-21-16-10-5-2-6-11-16)18-12-7-13-20-15-8-3-1-4-9-15/h15-16H,1-14H2,(H,18,19). The average Bonchev–Trinajstić information content (AvgIpc) is 2.54. The van der Waals surface area contributed by atoms with Crippen molar-refractivity contribution in [3.8, 4) is 0 Å². The molecule has 0 radical (unpaired) electrons. The zero-order valence-corrected chi connectivity index (χ0v) is 13.3. The topological polar surface area (TPSA) is 47.6 Å². The maximum absolute atomic E-state index is 11.7. The Labute approximate surface area is 129 Å². The minimum absolute atomic E-state index is 0.0123. The van der Waals surface area contributed by atoms with E-state index in [0.717, 1.165) is 25.9 Å². The molecular weight excluding hydrogens is 266 g/mol. The van der Waals surface area contributed by atoms with Gasteiger partial charge in [0.15, 0.2) is 0 Å². The van der Waals surface area contributed by atoms with Crippen LogP contribution in [0.4, 0.5) is 0 Å². The fraction of sp³-hybridized carbons (Fsp3) is 0.941. The van der Waals surface area contributed by atoms with E-state index in [1.165, 1.54) is 51.4 Å². The van der Waals surface area contributed by atoms with Crippen molar-refractivity contribution < 1.29 is 14.3 Å². The normalized spacial score (nSPS) is 21.3. The Kier molecular flexibility index (Phi) is 8.12. The number of carbonyl (C=O) groups is 1. The predicted molar refractivity (Wildman–Crippen MR) is 83.3 cm³/mol. The van der Waals surface area contributed by atoms with Crippen molar-refractivity contribution in [3.63, 3.8) is 0 Å². The summed E-state index contributed by atoms with van der Waals surface area (Å²) in [6.07, 6.45) is 14.1. The molecule has 0 aromatic heterocycles. The van der Waals surface area contributed by atoms with Crippen LogP contribution < -0.4 is 5.32 Å². The highest BCUT2D eigenvalue weighted by Gasteiger charge is 2.15. The Hall–Kier alpha value is -0.610. The van der Waals surface area contributed by atoms with Crippen LogP contribution in [0.15, 0.2) is 0 Å². The quantitative estimate of drug-likeness (QED) is 0.700. The van der Waals surface area contributed by atoms with Crippen molar-refractivity contribution in [1.82, 2.24) is 5.32 Å². The lowest BCUT2D eigenvalue weighted by Gasteiger charge is -2.22. The van der Waals surface area contributed by atoms with Crippen molar-refractivity contribution in [2.75, 3.05) is 19.8 Å². The van der Waals surface area contributed by atoms with Gasteiger partial charge in [-0.05, 0) is 32.1 Å². The molecule has 2 fully saturated rings. The molecule has 0 aromatic carbocycles. The molecule has 0 unspecified atom stereocenters. The van der Waals surface area contributed by atoms with Crippen molar-refractivity contribution >= 4 is 5.91 Å². The number of amides is 1. The van der Waals surface area contributed by atoms with E-state index in [4.69, 9.17) is 9.47 Å². The Morgan fingerprint density at radius 3 is 2.05 bits per heavy atom. The van der Waals surface area contributed by atoms with Crippen molar-refractivity contribution in [3.05, 3.63) is 0 Å². The third kappa shape index (κ3) is 7.28. The van der Waals surface area contributed by atoms with E-state index in [2.05, 4.69) is 5.32 Å². The highest BCUT2D eigenvalue weighted by Crippen LogP contribution is 2.20. The molecular formula is C17H31NO3. The molecule has 1 N–H and O–H groups in total. The number of nitrogens with one attached hydrogen (secondary N) is 1. The zero-order chi connectivity index (χ0) is 14.8. The van der Waals surface area contributed by atoms with Crippen LogP contribution in [0.1, 0.15) is 70.6 Å². The van der Waals surface area contributed by atoms with Gasteiger partial charge in [-0.15, -0.1) is 0 Å². The van der Waals surface area contributed by atoms with E-state index in [9.17, 15) is 4.79 Å². The molecule has 0 heterocycles. The number of rotatable bonds is 8. The van der Waals surface area contributed by atoms with Gasteiger partial charge >= 0.3 is 0 Å². The second kappa shape index (κ2) is 10.2. The maximum atomic E-state index is 11.7. The van der Waals surface area contributed by atoms with Gasteiger partial charge in [-0.25, -0.2) is 0 Å². The molecule has 2 aliphatic carbocycles. The van der Waals surface area contributed by atoms with E-state index >= 15 is 0 Å². The van der Waals surface area contributed by atoms with E-state index < -0.39 is 0 Å². The average molecular weight is 297 g/mol. The molecule has 4 heteroatoms. The van der Waals surface area contributed by atoms with Gasteiger partial charge in [0.05, 0.1) is 12.2 Å². The van der Waals surface area contributed by atoms with Crippen LogP contribution in [0.2, 0.25) is 0 Å². The molecule has 21 heavy (non-hydrogen) atoms. The van der Waals surface area contributed by atoms with Crippen LogP contribution in [0.25, 0.3) is 0 Å². The molecule has 0 aromatic rings. The molecule has 0 atom stereocenters. The fourth-order valence-electron chi connectivity index (χ4n) is 3.26. The summed E-state index contributed by atoms with van der Waals surface area (Å²) in [5, 5.41) is 2.92. The van der Waals surface area contributed by atoms with Gasteiger partial charge in [0, 0.05) is 13.2 Å². The molecule has 0 aliphatic heterocycles.